The molecule has 9 nitrogen and oxygen atoms in total. The molecule has 0 atom stereocenters. The standard InChI is InChI=1S/C18H24O5.C18H24O4/c1-2-10-21-11-3-12-23-16-6-4-15(5-7-16)17(19)18(20)8-13-22-14-9-18;1-2-13-22-18(10-4-3-5-11-18)17(20)15-6-8-16(9-7-15)21-14-12-19/h2,4-7,20H,1,3,8-14H2;2,6-9,19H,1,3-5,10-14H2. The molecule has 1 saturated heterocycles. The maximum Gasteiger partial charge on any atom is 0.194 e. The lowest BCUT2D eigenvalue weighted by atomic mass is 9.79. The van der Waals surface area contributed by atoms with E-state index in [1.807, 2.05) is 0 Å². The number of aliphatic hydroxyl groups excluding tert-OH is 1. The van der Waals surface area contributed by atoms with E-state index in [4.69, 9.17) is 28.8 Å². The lowest BCUT2D eigenvalue weighted by Gasteiger charge is -2.35. The molecule has 2 aromatic carbocycles. The third-order valence-corrected chi connectivity index (χ3v) is 7.83. The highest BCUT2D eigenvalue weighted by Crippen LogP contribution is 2.35. The summed E-state index contributed by atoms with van der Waals surface area (Å²) in [6.07, 6.45) is 9.59. The topological polar surface area (TPSA) is 121 Å². The quantitative estimate of drug-likeness (QED) is 0.133. The molecule has 1 saturated carbocycles. The predicted molar refractivity (Wildman–Crippen MR) is 172 cm³/mol. The maximum absolute atomic E-state index is 12.9. The molecule has 2 aromatic rings. The zero-order chi connectivity index (χ0) is 32.4. The molecule has 0 bridgehead atoms. The molecule has 2 N–H and O–H groups in total. The summed E-state index contributed by atoms with van der Waals surface area (Å²) < 4.78 is 27.3. The fraction of sp³-hybridized carbons (Fsp3) is 0.500. The van der Waals surface area contributed by atoms with E-state index in [1.54, 1.807) is 60.7 Å². The number of Topliss-reactive ketones (excluding diaryl/α,β-unsaturated/α-hetero) is 2. The average molecular weight is 625 g/mol. The molecule has 2 fully saturated rings. The summed E-state index contributed by atoms with van der Waals surface area (Å²) in [6.45, 7) is 10.4. The number of ketones is 2. The Labute approximate surface area is 266 Å². The van der Waals surface area contributed by atoms with Crippen LogP contribution in [0.25, 0.3) is 0 Å². The molecule has 0 unspecified atom stereocenters. The maximum atomic E-state index is 12.9. The lowest BCUT2D eigenvalue weighted by Crippen LogP contribution is -2.43. The molecule has 0 aromatic heterocycles. The second-order valence-corrected chi connectivity index (χ2v) is 11.1. The van der Waals surface area contributed by atoms with Gasteiger partial charge in [0.25, 0.3) is 0 Å². The van der Waals surface area contributed by atoms with Gasteiger partial charge in [0.15, 0.2) is 11.6 Å². The Morgan fingerprint density at radius 2 is 1.31 bits per heavy atom. The Morgan fingerprint density at radius 1 is 0.756 bits per heavy atom. The van der Waals surface area contributed by atoms with Crippen molar-refractivity contribution < 1.29 is 43.5 Å². The molecule has 45 heavy (non-hydrogen) atoms. The second-order valence-electron chi connectivity index (χ2n) is 11.1. The summed E-state index contributed by atoms with van der Waals surface area (Å²) in [7, 11) is 0. The monoisotopic (exact) mass is 624 g/mol. The van der Waals surface area contributed by atoms with Crippen LogP contribution in [0.4, 0.5) is 0 Å². The molecular formula is C36H48O9. The zero-order valence-corrected chi connectivity index (χ0v) is 26.3. The van der Waals surface area contributed by atoms with E-state index in [0.717, 1.165) is 38.5 Å². The van der Waals surface area contributed by atoms with Crippen molar-refractivity contribution in [1.82, 2.24) is 0 Å². The van der Waals surface area contributed by atoms with Gasteiger partial charge in [-0.25, -0.2) is 0 Å². The van der Waals surface area contributed by atoms with Crippen LogP contribution in [0.5, 0.6) is 11.5 Å². The minimum absolute atomic E-state index is 0.0286. The van der Waals surface area contributed by atoms with Crippen molar-refractivity contribution in [3.63, 3.8) is 0 Å². The van der Waals surface area contributed by atoms with Crippen LogP contribution in [-0.4, -0.2) is 85.8 Å². The molecule has 0 spiro atoms. The van der Waals surface area contributed by atoms with Gasteiger partial charge in [0.05, 0.1) is 33.0 Å². The minimum atomic E-state index is -1.30. The summed E-state index contributed by atoms with van der Waals surface area (Å²) in [5.74, 6) is 1.15. The van der Waals surface area contributed by atoms with E-state index < -0.39 is 11.2 Å². The number of carbonyl (C=O) groups is 2. The third-order valence-electron chi connectivity index (χ3n) is 7.83. The van der Waals surface area contributed by atoms with E-state index in [-0.39, 0.29) is 24.8 Å². The van der Waals surface area contributed by atoms with Crippen LogP contribution in [0.15, 0.2) is 73.8 Å². The summed E-state index contributed by atoms with van der Waals surface area (Å²) >= 11 is 0. The van der Waals surface area contributed by atoms with Gasteiger partial charge in [-0.05, 0) is 61.4 Å². The first kappa shape index (κ1) is 36.1. The van der Waals surface area contributed by atoms with E-state index >= 15 is 0 Å². The van der Waals surface area contributed by atoms with Crippen molar-refractivity contribution in [3.8, 4) is 11.5 Å². The normalized spacial score (nSPS) is 16.8. The largest absolute Gasteiger partial charge is 0.494 e. The van der Waals surface area contributed by atoms with Gasteiger partial charge in [-0.15, -0.1) is 13.2 Å². The van der Waals surface area contributed by atoms with E-state index in [2.05, 4.69) is 13.2 Å². The van der Waals surface area contributed by atoms with Crippen molar-refractivity contribution in [2.75, 3.05) is 52.9 Å². The fourth-order valence-corrected chi connectivity index (χ4v) is 5.33. The van der Waals surface area contributed by atoms with Gasteiger partial charge in [0, 0.05) is 43.6 Å². The van der Waals surface area contributed by atoms with Gasteiger partial charge in [0.2, 0.25) is 0 Å². The second kappa shape index (κ2) is 19.2. The summed E-state index contributed by atoms with van der Waals surface area (Å²) in [4.78, 5) is 25.3. The molecule has 1 heterocycles. The van der Waals surface area contributed by atoms with Crippen LogP contribution >= 0.6 is 0 Å². The molecule has 0 radical (unpaired) electrons. The van der Waals surface area contributed by atoms with E-state index in [9.17, 15) is 14.7 Å². The predicted octanol–water partition coefficient (Wildman–Crippen LogP) is 5.53. The number of benzene rings is 2. The highest BCUT2D eigenvalue weighted by Gasteiger charge is 2.41. The number of hydrogen-bond acceptors (Lipinski definition) is 9. The lowest BCUT2D eigenvalue weighted by molar-refractivity contribution is -0.0433. The molecular weight excluding hydrogens is 576 g/mol. The molecule has 4 rings (SSSR count). The van der Waals surface area contributed by atoms with Gasteiger partial charge >= 0.3 is 0 Å². The van der Waals surface area contributed by atoms with Crippen molar-refractivity contribution in [2.24, 2.45) is 0 Å². The molecule has 9 heteroatoms. The van der Waals surface area contributed by atoms with Gasteiger partial charge in [-0.1, -0.05) is 31.4 Å². The minimum Gasteiger partial charge on any atom is -0.494 e. The van der Waals surface area contributed by atoms with E-state index in [0.29, 0.717) is 75.1 Å². The van der Waals surface area contributed by atoms with Crippen LogP contribution in [0, 0.1) is 0 Å². The van der Waals surface area contributed by atoms with E-state index in [1.165, 1.54) is 0 Å². The van der Waals surface area contributed by atoms with Gasteiger partial charge < -0.3 is 33.9 Å². The van der Waals surface area contributed by atoms with Gasteiger partial charge in [-0.2, -0.15) is 0 Å². The van der Waals surface area contributed by atoms with Crippen LogP contribution < -0.4 is 9.47 Å². The zero-order valence-electron chi connectivity index (χ0n) is 26.3. The number of carbonyl (C=O) groups excluding carboxylic acids is 2. The average Bonchev–Trinajstić information content (AvgIpc) is 3.09. The molecule has 246 valence electrons. The first-order valence-electron chi connectivity index (χ1n) is 15.8. The highest BCUT2D eigenvalue weighted by atomic mass is 16.5. The van der Waals surface area contributed by atoms with Crippen LogP contribution in [0.2, 0.25) is 0 Å². The SMILES string of the molecule is C=CCOC1(C(=O)c2ccc(OCCO)cc2)CCCCC1.C=CCOCCCOc1ccc(C(=O)C2(O)CCOCC2)cc1. The van der Waals surface area contributed by atoms with Crippen LogP contribution in [-0.2, 0) is 14.2 Å². The Hall–Kier alpha value is -3.34. The molecule has 0 amide bonds. The molecule has 1 aliphatic carbocycles. The molecule has 1 aliphatic heterocycles. The Kier molecular flexibility index (Phi) is 15.4. The summed E-state index contributed by atoms with van der Waals surface area (Å²) in [5, 5.41) is 19.2. The van der Waals surface area contributed by atoms with Crippen molar-refractivity contribution in [2.45, 2.75) is 62.6 Å². The first-order valence-corrected chi connectivity index (χ1v) is 15.8. The number of aliphatic hydroxyl groups is 2. The molecule has 2 aliphatic rings. The smallest absolute Gasteiger partial charge is 0.194 e. The van der Waals surface area contributed by atoms with Crippen molar-refractivity contribution >= 4 is 11.6 Å². The summed E-state index contributed by atoms with van der Waals surface area (Å²) in [6, 6.07) is 13.9. The van der Waals surface area contributed by atoms with Crippen molar-refractivity contribution in [3.05, 3.63) is 85.0 Å². The Morgan fingerprint density at radius 3 is 1.87 bits per heavy atom. The van der Waals surface area contributed by atoms with Gasteiger partial charge in [-0.3, -0.25) is 9.59 Å². The van der Waals surface area contributed by atoms with Crippen LogP contribution in [0.3, 0.4) is 0 Å². The highest BCUT2D eigenvalue weighted by molar-refractivity contribution is 6.03. The Balaban J connectivity index is 0.000000246. The number of rotatable bonds is 17. The number of hydrogen-bond donors (Lipinski definition) is 2. The fourth-order valence-electron chi connectivity index (χ4n) is 5.33. The van der Waals surface area contributed by atoms with Crippen LogP contribution in [0.1, 0.15) is 72.1 Å². The third kappa shape index (κ3) is 11.2. The number of ether oxygens (including phenoxy) is 5. The van der Waals surface area contributed by atoms with Gasteiger partial charge in [0.1, 0.15) is 29.3 Å². The Bertz CT molecular complexity index is 1180. The summed E-state index contributed by atoms with van der Waals surface area (Å²) in [5.41, 5.74) is -0.873. The first-order chi connectivity index (χ1) is 21.9. The van der Waals surface area contributed by atoms with Crippen molar-refractivity contribution in [1.29, 1.82) is 0 Å².